The molecule has 0 radical (unpaired) electrons. The first-order chi connectivity index (χ1) is 24.8. The molecule has 0 N–H and O–H groups in total. The monoisotopic (exact) mass is 704 g/mol. The average Bonchev–Trinajstić information content (AvgIpc) is 3.66. The fraction of sp³-hybridized carbons (Fsp3) is 0.435. The quantitative estimate of drug-likeness (QED) is 0.0784. The molecular weight excluding hydrogens is 649 g/mol. The molecule has 1 aliphatic heterocycles. The third kappa shape index (κ3) is 12.9. The molecule has 1 saturated heterocycles. The summed E-state index contributed by atoms with van der Waals surface area (Å²) < 4.78 is 22.2. The smallest absolute Gasteiger partial charge is 0.334 e. The number of esters is 2. The largest absolute Gasteiger partial charge is 0.461 e. The van der Waals surface area contributed by atoms with Gasteiger partial charge in [0.25, 0.3) is 0 Å². The minimum absolute atomic E-state index is 0.0515. The summed E-state index contributed by atoms with van der Waals surface area (Å²) >= 11 is 0. The van der Waals surface area contributed by atoms with Crippen LogP contribution in [0.2, 0.25) is 0 Å². The molecule has 1 fully saturated rings. The molecule has 0 aliphatic carbocycles. The highest BCUT2D eigenvalue weighted by atomic mass is 16.6. The van der Waals surface area contributed by atoms with E-state index in [1.54, 1.807) is 7.11 Å². The van der Waals surface area contributed by atoms with Gasteiger partial charge in [0.1, 0.15) is 24.1 Å². The number of fused-ring (bicyclic) bond motifs is 1. The molecule has 2 heterocycles. The van der Waals surface area contributed by atoms with Gasteiger partial charge in [-0.1, -0.05) is 93.6 Å². The van der Waals surface area contributed by atoms with Gasteiger partial charge in [-0.15, -0.1) is 0 Å². The van der Waals surface area contributed by atoms with Crippen molar-refractivity contribution in [2.75, 3.05) is 13.7 Å². The van der Waals surface area contributed by atoms with Crippen molar-refractivity contribution in [3.63, 3.8) is 0 Å². The Bertz CT molecular complexity index is 1820. The molecule has 0 saturated carbocycles. The summed E-state index contributed by atoms with van der Waals surface area (Å²) in [6, 6.07) is 26.1. The van der Waals surface area contributed by atoms with E-state index in [2.05, 4.69) is 58.6 Å². The van der Waals surface area contributed by atoms with Gasteiger partial charge >= 0.3 is 11.9 Å². The Morgan fingerprint density at radius 2 is 1.58 bits per heavy atom. The Hall–Kier alpha value is -4.60. The zero-order valence-electron chi connectivity index (χ0n) is 32.3. The van der Waals surface area contributed by atoms with Gasteiger partial charge < -0.3 is 18.6 Å². The van der Waals surface area contributed by atoms with Crippen molar-refractivity contribution in [3.8, 4) is 11.8 Å². The molecule has 1 unspecified atom stereocenters. The number of cyclic esters (lactones) is 1. The number of furan rings is 1. The SMILES string of the molecule is COCc1ccccc1.Cc1ccc(C#Cc2ccc3oc(CC(C)(C)C(=O)OCC4C/C(=C\CC(CC(C)C)CC(C)C)C(=O)O4)cc3c2)cc1. The second-order valence-corrected chi connectivity index (χ2v) is 15.5. The van der Waals surface area contributed by atoms with Crippen LogP contribution < -0.4 is 0 Å². The molecule has 52 heavy (non-hydrogen) atoms. The van der Waals surface area contributed by atoms with Crippen LogP contribution in [-0.4, -0.2) is 31.8 Å². The van der Waals surface area contributed by atoms with Crippen LogP contribution in [0, 0.1) is 41.9 Å². The lowest BCUT2D eigenvalue weighted by atomic mass is 9.86. The van der Waals surface area contributed by atoms with Crippen molar-refractivity contribution < 1.29 is 28.2 Å². The summed E-state index contributed by atoms with van der Waals surface area (Å²) in [6.45, 7) is 15.5. The van der Waals surface area contributed by atoms with Gasteiger partial charge in [0.2, 0.25) is 0 Å². The van der Waals surface area contributed by atoms with E-state index in [4.69, 9.17) is 18.6 Å². The van der Waals surface area contributed by atoms with Crippen molar-refractivity contribution >= 4 is 22.9 Å². The highest BCUT2D eigenvalue weighted by molar-refractivity contribution is 5.90. The van der Waals surface area contributed by atoms with Gasteiger partial charge in [-0.05, 0) is 99.7 Å². The second-order valence-electron chi connectivity index (χ2n) is 15.5. The van der Waals surface area contributed by atoms with Crippen molar-refractivity contribution in [1.82, 2.24) is 0 Å². The summed E-state index contributed by atoms with van der Waals surface area (Å²) in [4.78, 5) is 25.6. The van der Waals surface area contributed by atoms with E-state index in [1.807, 2.05) is 86.7 Å². The third-order valence-corrected chi connectivity index (χ3v) is 8.98. The fourth-order valence-corrected chi connectivity index (χ4v) is 6.44. The normalized spacial score (nSPS) is 15.1. The van der Waals surface area contributed by atoms with Crippen molar-refractivity contribution in [2.45, 2.75) is 93.3 Å². The number of hydrogen-bond acceptors (Lipinski definition) is 6. The molecule has 1 atom stereocenters. The maximum Gasteiger partial charge on any atom is 0.334 e. The first-order valence-corrected chi connectivity index (χ1v) is 18.5. The Labute approximate surface area is 310 Å². The first-order valence-electron chi connectivity index (χ1n) is 18.5. The highest BCUT2D eigenvalue weighted by Crippen LogP contribution is 2.30. The molecule has 4 aromatic rings. The van der Waals surface area contributed by atoms with Gasteiger partial charge in [0.15, 0.2) is 0 Å². The summed E-state index contributed by atoms with van der Waals surface area (Å²) in [5.74, 6) is 8.28. The van der Waals surface area contributed by atoms with Crippen LogP contribution in [0.3, 0.4) is 0 Å². The van der Waals surface area contributed by atoms with Gasteiger partial charge in [-0.25, -0.2) is 4.79 Å². The van der Waals surface area contributed by atoms with E-state index in [0.717, 1.165) is 41.4 Å². The minimum Gasteiger partial charge on any atom is -0.461 e. The molecular formula is C46H56O6. The fourth-order valence-electron chi connectivity index (χ4n) is 6.44. The maximum absolute atomic E-state index is 13.1. The number of rotatable bonds is 13. The lowest BCUT2D eigenvalue weighted by Crippen LogP contribution is -2.31. The first kappa shape index (κ1) is 40.2. The molecule has 5 rings (SSSR count). The van der Waals surface area contributed by atoms with Gasteiger partial charge in [-0.3, -0.25) is 4.79 Å². The number of carbonyl (C=O) groups excluding carboxylic acids is 2. The number of aryl methyl sites for hydroxylation is 1. The van der Waals surface area contributed by atoms with E-state index in [-0.39, 0.29) is 18.5 Å². The van der Waals surface area contributed by atoms with Crippen LogP contribution >= 0.6 is 0 Å². The molecule has 0 amide bonds. The van der Waals surface area contributed by atoms with Crippen LogP contribution in [0.4, 0.5) is 0 Å². The molecule has 1 aliphatic rings. The maximum atomic E-state index is 13.1. The van der Waals surface area contributed by atoms with E-state index >= 15 is 0 Å². The molecule has 276 valence electrons. The topological polar surface area (TPSA) is 75.0 Å². The van der Waals surface area contributed by atoms with Gasteiger partial charge in [-0.2, -0.15) is 0 Å². The molecule has 0 bridgehead atoms. The zero-order valence-corrected chi connectivity index (χ0v) is 32.3. The number of allylic oxidation sites excluding steroid dienone is 1. The zero-order chi connectivity index (χ0) is 37.7. The lowest BCUT2D eigenvalue weighted by molar-refractivity contribution is -0.160. The van der Waals surface area contributed by atoms with E-state index in [9.17, 15) is 9.59 Å². The summed E-state index contributed by atoms with van der Waals surface area (Å²) in [5.41, 5.74) is 4.93. The standard InChI is InChI=1S/C38H46O5.C8H10O/c1-25(2)18-30(19-26(3)4)14-16-31-21-34(43-36(31)39)24-41-37(40)38(6,7)23-33-22-32-20-29(15-17-35(32)42-33)13-12-28-10-8-27(5)9-11-28;1-9-7-8-5-3-2-4-6-8/h8-11,15-17,20,22,25-26,30,34H,14,18-19,21,23-24H2,1-7H3;2-6H,7H2,1H3/b31-16+;. The van der Waals surface area contributed by atoms with Crippen molar-refractivity contribution in [2.24, 2.45) is 23.2 Å². The Morgan fingerprint density at radius 3 is 2.23 bits per heavy atom. The van der Waals surface area contributed by atoms with E-state index in [0.29, 0.717) is 48.5 Å². The second kappa shape index (κ2) is 19.3. The van der Waals surface area contributed by atoms with E-state index < -0.39 is 11.5 Å². The highest BCUT2D eigenvalue weighted by Gasteiger charge is 2.34. The Balaban J connectivity index is 0.000000585. The van der Waals surface area contributed by atoms with Crippen LogP contribution in [0.15, 0.2) is 94.9 Å². The van der Waals surface area contributed by atoms with Gasteiger partial charge in [0.05, 0.1) is 12.0 Å². The molecule has 1 aromatic heterocycles. The molecule has 3 aromatic carbocycles. The van der Waals surface area contributed by atoms with Crippen LogP contribution in [0.5, 0.6) is 0 Å². The number of hydrogen-bond donors (Lipinski definition) is 0. The summed E-state index contributed by atoms with van der Waals surface area (Å²) in [7, 11) is 1.70. The molecule has 6 nitrogen and oxygen atoms in total. The number of ether oxygens (including phenoxy) is 3. The Morgan fingerprint density at radius 1 is 0.923 bits per heavy atom. The number of methoxy groups -OCH3 is 1. The van der Waals surface area contributed by atoms with Gasteiger partial charge in [0, 0.05) is 42.0 Å². The minimum atomic E-state index is -0.815. The lowest BCUT2D eigenvalue weighted by Gasteiger charge is -2.22. The predicted octanol–water partition coefficient (Wildman–Crippen LogP) is 10.4. The van der Waals surface area contributed by atoms with Crippen LogP contribution in [-0.2, 0) is 36.8 Å². The van der Waals surface area contributed by atoms with Crippen LogP contribution in [0.1, 0.15) is 95.2 Å². The predicted molar refractivity (Wildman–Crippen MR) is 209 cm³/mol. The number of carbonyl (C=O) groups is 2. The van der Waals surface area contributed by atoms with Crippen molar-refractivity contribution in [1.29, 1.82) is 0 Å². The summed E-state index contributed by atoms with van der Waals surface area (Å²) in [5, 5.41) is 0.941. The third-order valence-electron chi connectivity index (χ3n) is 8.98. The molecule has 0 spiro atoms. The van der Waals surface area contributed by atoms with E-state index in [1.165, 1.54) is 11.1 Å². The summed E-state index contributed by atoms with van der Waals surface area (Å²) in [6.07, 6.45) is 5.61. The molecule has 6 heteroatoms. The van der Waals surface area contributed by atoms with Crippen LogP contribution in [0.25, 0.3) is 11.0 Å². The van der Waals surface area contributed by atoms with Crippen molar-refractivity contribution in [3.05, 3.63) is 119 Å². The average molecular weight is 705 g/mol. The number of benzene rings is 3. The Kier molecular flexibility index (Phi) is 14.9.